The van der Waals surface area contributed by atoms with Crippen LogP contribution in [0, 0.1) is 23.7 Å². The van der Waals surface area contributed by atoms with Crippen molar-refractivity contribution < 1.29 is 90.6 Å². The summed E-state index contributed by atoms with van der Waals surface area (Å²) in [5.41, 5.74) is 1.22. The predicted molar refractivity (Wildman–Crippen MR) is 402 cm³/mol. The number of carbonyl (C=O) groups excluding carboxylic acids is 10. The highest BCUT2D eigenvalue weighted by Gasteiger charge is 2.37. The summed E-state index contributed by atoms with van der Waals surface area (Å²) in [5.74, 6) is -8.24. The number of amides is 1. The fourth-order valence-electron chi connectivity index (χ4n) is 13.3. The largest absolute Gasteiger partial charge is 0.463 e. The summed E-state index contributed by atoms with van der Waals surface area (Å²) in [6, 6.07) is 50.6. The Labute approximate surface area is 619 Å². The molecule has 8 aromatic carbocycles. The number of hydrogen-bond acceptors (Lipinski definition) is 19. The Hall–Kier alpha value is -10.5. The third-order valence-electron chi connectivity index (χ3n) is 18.8. The van der Waals surface area contributed by atoms with Gasteiger partial charge < -0.3 is 47.9 Å². The minimum Gasteiger partial charge on any atom is -0.463 e. The first-order valence-corrected chi connectivity index (χ1v) is 36.8. The Kier molecular flexibility index (Phi) is 31.6. The van der Waals surface area contributed by atoms with Crippen LogP contribution in [-0.2, 0) is 71.4 Å². The van der Waals surface area contributed by atoms with E-state index in [9.17, 15) is 43.2 Å². The van der Waals surface area contributed by atoms with Gasteiger partial charge in [-0.1, -0.05) is 155 Å². The fraction of sp³-hybridized carbons (Fsp3) is 0.419. The van der Waals surface area contributed by atoms with Gasteiger partial charge in [0.2, 0.25) is 5.91 Å². The van der Waals surface area contributed by atoms with E-state index in [0.717, 1.165) is 49.5 Å². The van der Waals surface area contributed by atoms with E-state index in [4.69, 9.17) is 42.6 Å². The molecule has 0 radical (unpaired) electrons. The highest BCUT2D eigenvalue weighted by Crippen LogP contribution is 2.32. The third-order valence-corrected chi connectivity index (χ3v) is 18.8. The topological polar surface area (TPSA) is 266 Å². The standard InChI is InChI=1S/C86H99NO19/c1-9-10-21-56(3)82(106-81(93)47-63(54-101-86(97)75-39-35-67-25-14-18-29-71(67)51-75)41-43-99-84(95)73-37-33-65-23-12-16-27-69(65)49-73)79(45-55(2)44-76(102-59(6)89)30-19-20-31-77(103-60(7)90)52-78(104-61(8)91)57(4)87-58(5)88)105-80(92)46-62(53-100-85(96)74-38-34-66-24-13-17-28-70(66)50-74)40-42-98-83(94)72-36-32-64-22-11-15-26-68(64)48-72/h11-18,22-29,32-39,48-51,55-57,62-63,76-79,82H,9-10,19-21,30-31,40-47,52-54H2,1-8H3,(H,87,88)/t55-,56+,57-,62+,63+,76+,77+,78-,79-,82+/m0/s1. The average molecular weight is 1450 g/mol. The van der Waals surface area contributed by atoms with Gasteiger partial charge in [0.05, 0.1) is 67.6 Å². The summed E-state index contributed by atoms with van der Waals surface area (Å²) in [7, 11) is 0. The van der Waals surface area contributed by atoms with Crippen LogP contribution in [0.1, 0.15) is 187 Å². The van der Waals surface area contributed by atoms with Crippen molar-refractivity contribution in [1.29, 1.82) is 0 Å². The van der Waals surface area contributed by atoms with E-state index in [2.05, 4.69) is 5.32 Å². The molecule has 20 heteroatoms. The smallest absolute Gasteiger partial charge is 0.338 e. The molecule has 0 aliphatic rings. The van der Waals surface area contributed by atoms with Crippen molar-refractivity contribution in [3.63, 3.8) is 0 Å². The van der Waals surface area contributed by atoms with Crippen LogP contribution in [0.2, 0.25) is 0 Å². The Bertz CT molecular complexity index is 4320. The van der Waals surface area contributed by atoms with Crippen LogP contribution in [-0.4, -0.2) is 123 Å². The molecule has 10 atom stereocenters. The maximum Gasteiger partial charge on any atom is 0.338 e. The number of benzene rings is 8. The molecule has 0 aliphatic heterocycles. The first kappa shape index (κ1) is 81.2. The third kappa shape index (κ3) is 26.3. The quantitative estimate of drug-likeness (QED) is 0.0212. The first-order valence-electron chi connectivity index (χ1n) is 36.8. The van der Waals surface area contributed by atoms with Crippen LogP contribution in [0.4, 0.5) is 0 Å². The van der Waals surface area contributed by atoms with Crippen molar-refractivity contribution in [1.82, 2.24) is 5.32 Å². The molecule has 20 nitrogen and oxygen atoms in total. The molecule has 0 saturated heterocycles. The second-order valence-corrected chi connectivity index (χ2v) is 27.7. The van der Waals surface area contributed by atoms with Gasteiger partial charge in [-0.3, -0.25) is 28.8 Å². The summed E-state index contributed by atoms with van der Waals surface area (Å²) in [4.78, 5) is 135. The van der Waals surface area contributed by atoms with Crippen LogP contribution in [0.25, 0.3) is 43.1 Å². The van der Waals surface area contributed by atoms with Crippen LogP contribution < -0.4 is 5.32 Å². The van der Waals surface area contributed by atoms with Gasteiger partial charge in [0.15, 0.2) is 0 Å². The summed E-state index contributed by atoms with van der Waals surface area (Å²) in [6.45, 7) is 11.9. The molecule has 8 rings (SSSR count). The SMILES string of the molecule is CCCC[C@@H](C)[C@@H](OC(=O)C[C@@H](CCOC(=O)c1ccc2ccccc2c1)COC(=O)c1ccc2ccccc2c1)[C@H](C[C@@H](C)C[C@@H](CCCC[C@H](C[C@H](OC(C)=O)[C@H](C)NC(C)=O)OC(C)=O)OC(C)=O)OC(=O)C[C@@H](CCOC(=O)c1ccc2ccccc2c1)COC(=O)c1ccc2ccccc2c1. The van der Waals surface area contributed by atoms with E-state index in [0.29, 0.717) is 55.2 Å². The molecule has 0 saturated carbocycles. The van der Waals surface area contributed by atoms with Crippen molar-refractivity contribution in [2.24, 2.45) is 23.7 Å². The van der Waals surface area contributed by atoms with E-state index in [-0.39, 0.29) is 82.8 Å². The van der Waals surface area contributed by atoms with Gasteiger partial charge in [-0.05, 0) is 168 Å². The van der Waals surface area contributed by atoms with Gasteiger partial charge in [-0.25, -0.2) is 19.2 Å². The second-order valence-electron chi connectivity index (χ2n) is 27.7. The summed E-state index contributed by atoms with van der Waals surface area (Å²) in [6.07, 6.45) is -0.833. The molecular formula is C86H99NO19. The first-order chi connectivity index (χ1) is 51.0. The zero-order valence-electron chi connectivity index (χ0n) is 61.9. The lowest BCUT2D eigenvalue weighted by Gasteiger charge is -2.34. The average Bonchev–Trinajstić information content (AvgIpc) is 0.845. The fourth-order valence-corrected chi connectivity index (χ4v) is 13.3. The Morgan fingerprint density at radius 2 is 0.736 bits per heavy atom. The summed E-state index contributed by atoms with van der Waals surface area (Å²) < 4.78 is 54.1. The molecule has 562 valence electrons. The lowest BCUT2D eigenvalue weighted by molar-refractivity contribution is -0.176. The van der Waals surface area contributed by atoms with Crippen LogP contribution in [0.3, 0.4) is 0 Å². The van der Waals surface area contributed by atoms with Crippen LogP contribution >= 0.6 is 0 Å². The van der Waals surface area contributed by atoms with E-state index >= 15 is 4.79 Å². The van der Waals surface area contributed by atoms with Gasteiger partial charge in [-0.2, -0.15) is 0 Å². The lowest BCUT2D eigenvalue weighted by Crippen LogP contribution is -2.44. The predicted octanol–water partition coefficient (Wildman–Crippen LogP) is 16.2. The highest BCUT2D eigenvalue weighted by atomic mass is 16.6. The zero-order chi connectivity index (χ0) is 76.1. The summed E-state index contributed by atoms with van der Waals surface area (Å²) in [5, 5.41) is 9.80. The molecule has 0 aromatic heterocycles. The number of fused-ring (bicyclic) bond motifs is 4. The maximum atomic E-state index is 15.1. The molecule has 0 aliphatic carbocycles. The number of rotatable bonds is 41. The van der Waals surface area contributed by atoms with E-state index in [1.807, 2.05) is 142 Å². The number of esters is 9. The van der Waals surface area contributed by atoms with Crippen LogP contribution in [0.15, 0.2) is 170 Å². The minimum atomic E-state index is -1.15. The Balaban J connectivity index is 1.05. The highest BCUT2D eigenvalue weighted by molar-refractivity contribution is 5.98. The molecule has 106 heavy (non-hydrogen) atoms. The lowest BCUT2D eigenvalue weighted by atomic mass is 9.87. The number of nitrogens with one attached hydrogen (secondary N) is 1. The van der Waals surface area contributed by atoms with Crippen molar-refractivity contribution in [3.8, 4) is 0 Å². The molecule has 0 fully saturated rings. The maximum absolute atomic E-state index is 15.1. The van der Waals surface area contributed by atoms with Gasteiger partial charge in [0, 0.05) is 46.0 Å². The summed E-state index contributed by atoms with van der Waals surface area (Å²) >= 11 is 0. The zero-order valence-corrected chi connectivity index (χ0v) is 61.9. The minimum absolute atomic E-state index is 0.0604. The van der Waals surface area contributed by atoms with Crippen molar-refractivity contribution in [3.05, 3.63) is 192 Å². The van der Waals surface area contributed by atoms with E-state index < -0.39 is 114 Å². The molecule has 0 spiro atoms. The van der Waals surface area contributed by atoms with Gasteiger partial charge in [0.1, 0.15) is 30.5 Å². The molecule has 0 bridgehead atoms. The van der Waals surface area contributed by atoms with Gasteiger partial charge in [0.25, 0.3) is 0 Å². The molecule has 0 heterocycles. The molecule has 0 unspecified atom stereocenters. The van der Waals surface area contributed by atoms with Crippen molar-refractivity contribution in [2.75, 3.05) is 26.4 Å². The molecule has 1 amide bonds. The molecule has 1 N–H and O–H groups in total. The Morgan fingerprint density at radius 3 is 1.11 bits per heavy atom. The normalized spacial score (nSPS) is 14.2. The monoisotopic (exact) mass is 1450 g/mol. The second kappa shape index (κ2) is 41.3. The van der Waals surface area contributed by atoms with Crippen LogP contribution in [0.5, 0.6) is 0 Å². The molecule has 8 aromatic rings. The van der Waals surface area contributed by atoms with Gasteiger partial charge in [-0.15, -0.1) is 0 Å². The number of unbranched alkanes of at least 4 members (excludes halogenated alkanes) is 2. The van der Waals surface area contributed by atoms with E-state index in [1.54, 1.807) is 55.5 Å². The van der Waals surface area contributed by atoms with E-state index in [1.165, 1.54) is 27.7 Å². The van der Waals surface area contributed by atoms with Crippen molar-refractivity contribution in [2.45, 2.75) is 182 Å². The number of ether oxygens (including phenoxy) is 9. The number of hydrogen-bond donors (Lipinski definition) is 1. The van der Waals surface area contributed by atoms with Crippen molar-refractivity contribution >= 4 is 103 Å². The molecular weight excluding hydrogens is 1350 g/mol. The number of carbonyl (C=O) groups is 10. The van der Waals surface area contributed by atoms with Gasteiger partial charge >= 0.3 is 53.7 Å². The Morgan fingerprint density at radius 1 is 0.368 bits per heavy atom.